The summed E-state index contributed by atoms with van der Waals surface area (Å²) in [6.45, 7) is 14.1. The lowest BCUT2D eigenvalue weighted by Crippen LogP contribution is -2.16. The lowest BCUT2D eigenvalue weighted by atomic mass is 10.6. The number of rotatable bonds is 0. The Kier molecular flexibility index (Phi) is 28.6. The highest BCUT2D eigenvalue weighted by molar-refractivity contribution is 4.39. The third kappa shape index (κ3) is 28.1. The standard InChI is InChI=1S/2C12H24O6/c2*1-2-14-5-6-16-9-10-18-12-11-17-8-7-15-4-3-13-1/h2*1-12H2. The molecule has 2 aliphatic heterocycles. The molecule has 2 heterocycles. The Bertz CT molecular complexity index is 219. The summed E-state index contributed by atoms with van der Waals surface area (Å²) < 4.78 is 63.9. The second-order valence-corrected chi connectivity index (χ2v) is 7.35. The third-order valence-electron chi connectivity index (χ3n) is 4.46. The summed E-state index contributed by atoms with van der Waals surface area (Å²) in [7, 11) is 0. The molecular formula is C24H48O12. The van der Waals surface area contributed by atoms with Gasteiger partial charge in [0.25, 0.3) is 0 Å². The van der Waals surface area contributed by atoms with Crippen LogP contribution in [-0.4, -0.2) is 159 Å². The predicted molar refractivity (Wildman–Crippen MR) is 130 cm³/mol. The van der Waals surface area contributed by atoms with Gasteiger partial charge in [0.2, 0.25) is 0 Å². The van der Waals surface area contributed by atoms with E-state index in [1.165, 1.54) is 0 Å². The highest BCUT2D eigenvalue weighted by Crippen LogP contribution is 1.88. The maximum absolute atomic E-state index is 5.33. The van der Waals surface area contributed by atoms with Gasteiger partial charge in [-0.1, -0.05) is 0 Å². The first-order chi connectivity index (χ1) is 18.0. The van der Waals surface area contributed by atoms with Gasteiger partial charge in [-0.25, -0.2) is 0 Å². The molecule has 2 fully saturated rings. The van der Waals surface area contributed by atoms with E-state index in [9.17, 15) is 0 Å². The van der Waals surface area contributed by atoms with Gasteiger partial charge in [0.05, 0.1) is 159 Å². The van der Waals surface area contributed by atoms with E-state index in [1.54, 1.807) is 0 Å². The number of hydrogen-bond acceptors (Lipinski definition) is 12. The minimum atomic E-state index is 0.586. The van der Waals surface area contributed by atoms with E-state index in [0.29, 0.717) is 159 Å². The fraction of sp³-hybridized carbons (Fsp3) is 1.00. The smallest absolute Gasteiger partial charge is 0.0701 e. The van der Waals surface area contributed by atoms with Gasteiger partial charge in [-0.15, -0.1) is 0 Å². The molecule has 2 rings (SSSR count). The maximum Gasteiger partial charge on any atom is 0.0701 e. The van der Waals surface area contributed by atoms with Gasteiger partial charge in [0.1, 0.15) is 0 Å². The topological polar surface area (TPSA) is 111 Å². The molecule has 0 bridgehead atoms. The van der Waals surface area contributed by atoms with E-state index in [0.717, 1.165) is 0 Å². The molecule has 0 saturated carbocycles. The Morgan fingerprint density at radius 3 is 0.222 bits per heavy atom. The Labute approximate surface area is 215 Å². The van der Waals surface area contributed by atoms with Crippen molar-refractivity contribution in [1.29, 1.82) is 0 Å². The normalized spacial score (nSPS) is 24.0. The molecule has 0 aromatic rings. The predicted octanol–water partition coefficient (Wildman–Crippen LogP) is 0.199. The minimum absolute atomic E-state index is 0.586. The van der Waals surface area contributed by atoms with E-state index in [-0.39, 0.29) is 0 Å². The Morgan fingerprint density at radius 2 is 0.167 bits per heavy atom. The molecule has 0 unspecified atom stereocenters. The van der Waals surface area contributed by atoms with Crippen LogP contribution in [-0.2, 0) is 56.8 Å². The van der Waals surface area contributed by atoms with Crippen molar-refractivity contribution in [3.63, 3.8) is 0 Å². The van der Waals surface area contributed by atoms with Gasteiger partial charge >= 0.3 is 0 Å². The van der Waals surface area contributed by atoms with Crippen LogP contribution < -0.4 is 0 Å². The summed E-state index contributed by atoms with van der Waals surface area (Å²) in [5, 5.41) is 0. The van der Waals surface area contributed by atoms with E-state index < -0.39 is 0 Å². The summed E-state index contributed by atoms with van der Waals surface area (Å²) in [4.78, 5) is 0. The maximum atomic E-state index is 5.33. The van der Waals surface area contributed by atoms with Crippen LogP contribution in [0.1, 0.15) is 0 Å². The molecule has 0 N–H and O–H groups in total. The van der Waals surface area contributed by atoms with Gasteiger partial charge in [0, 0.05) is 0 Å². The Balaban J connectivity index is 0.000000360. The number of ether oxygens (including phenoxy) is 12. The average Bonchev–Trinajstić information content (AvgIpc) is 2.89. The minimum Gasteiger partial charge on any atom is -0.377 e. The molecule has 12 nitrogen and oxygen atoms in total. The quantitative estimate of drug-likeness (QED) is 0.428. The second-order valence-electron chi connectivity index (χ2n) is 7.35. The zero-order valence-electron chi connectivity index (χ0n) is 21.9. The highest BCUT2D eigenvalue weighted by Gasteiger charge is 1.97. The fourth-order valence-electron chi connectivity index (χ4n) is 2.64. The first kappa shape index (κ1) is 33.5. The van der Waals surface area contributed by atoms with Crippen LogP contribution in [0.25, 0.3) is 0 Å². The van der Waals surface area contributed by atoms with Gasteiger partial charge < -0.3 is 56.8 Å². The van der Waals surface area contributed by atoms with Crippen LogP contribution in [0.4, 0.5) is 0 Å². The molecule has 0 radical (unpaired) electrons. The van der Waals surface area contributed by atoms with E-state index >= 15 is 0 Å². The molecular weight excluding hydrogens is 480 g/mol. The SMILES string of the molecule is C1COCCOCCOCCOCCOCCO1.C1COCCOCCOCCOCCOCCO1. The van der Waals surface area contributed by atoms with Gasteiger partial charge in [-0.2, -0.15) is 0 Å². The molecule has 0 amide bonds. The molecule has 12 heteroatoms. The summed E-state index contributed by atoms with van der Waals surface area (Å²) in [6, 6.07) is 0. The molecule has 0 spiro atoms. The second kappa shape index (κ2) is 30.7. The largest absolute Gasteiger partial charge is 0.377 e. The summed E-state index contributed by atoms with van der Waals surface area (Å²) in [5.74, 6) is 0. The Hall–Kier alpha value is -0.480. The van der Waals surface area contributed by atoms with Crippen LogP contribution in [0.3, 0.4) is 0 Å². The Morgan fingerprint density at radius 1 is 0.111 bits per heavy atom. The van der Waals surface area contributed by atoms with Crippen molar-refractivity contribution in [2.24, 2.45) is 0 Å². The van der Waals surface area contributed by atoms with E-state index in [4.69, 9.17) is 56.8 Å². The molecule has 2 aliphatic rings. The van der Waals surface area contributed by atoms with Gasteiger partial charge in [-0.05, 0) is 0 Å². The first-order valence-electron chi connectivity index (χ1n) is 12.9. The lowest BCUT2D eigenvalue weighted by molar-refractivity contribution is -0.0334. The average molecular weight is 529 g/mol. The summed E-state index contributed by atoms with van der Waals surface area (Å²) in [5.41, 5.74) is 0. The van der Waals surface area contributed by atoms with Crippen LogP contribution in [0.2, 0.25) is 0 Å². The summed E-state index contributed by atoms with van der Waals surface area (Å²) in [6.07, 6.45) is 0. The zero-order valence-corrected chi connectivity index (χ0v) is 21.9. The van der Waals surface area contributed by atoms with Crippen molar-refractivity contribution in [3.8, 4) is 0 Å². The van der Waals surface area contributed by atoms with Crippen molar-refractivity contribution in [1.82, 2.24) is 0 Å². The van der Waals surface area contributed by atoms with Crippen molar-refractivity contribution in [2.45, 2.75) is 0 Å². The van der Waals surface area contributed by atoms with Crippen molar-refractivity contribution in [2.75, 3.05) is 159 Å². The molecule has 0 aliphatic carbocycles. The molecule has 36 heavy (non-hydrogen) atoms. The van der Waals surface area contributed by atoms with E-state index in [2.05, 4.69) is 0 Å². The van der Waals surface area contributed by atoms with E-state index in [1.807, 2.05) is 0 Å². The molecule has 0 atom stereocenters. The van der Waals surface area contributed by atoms with Crippen molar-refractivity contribution >= 4 is 0 Å². The monoisotopic (exact) mass is 528 g/mol. The van der Waals surface area contributed by atoms with Crippen LogP contribution in [0, 0.1) is 0 Å². The van der Waals surface area contributed by atoms with Crippen molar-refractivity contribution in [3.05, 3.63) is 0 Å². The third-order valence-corrected chi connectivity index (χ3v) is 4.46. The highest BCUT2D eigenvalue weighted by atomic mass is 16.6. The van der Waals surface area contributed by atoms with Gasteiger partial charge in [0.15, 0.2) is 0 Å². The van der Waals surface area contributed by atoms with Gasteiger partial charge in [-0.3, -0.25) is 0 Å². The molecule has 0 aromatic heterocycles. The zero-order chi connectivity index (χ0) is 25.5. The molecule has 0 aromatic carbocycles. The van der Waals surface area contributed by atoms with Crippen LogP contribution >= 0.6 is 0 Å². The first-order valence-corrected chi connectivity index (χ1v) is 12.9. The van der Waals surface area contributed by atoms with Crippen LogP contribution in [0.5, 0.6) is 0 Å². The number of hydrogen-bond donors (Lipinski definition) is 0. The molecule has 216 valence electrons. The van der Waals surface area contributed by atoms with Crippen molar-refractivity contribution < 1.29 is 56.8 Å². The lowest BCUT2D eigenvalue weighted by Gasteiger charge is -2.09. The fourth-order valence-corrected chi connectivity index (χ4v) is 2.64. The van der Waals surface area contributed by atoms with Crippen LogP contribution in [0.15, 0.2) is 0 Å². The summed E-state index contributed by atoms with van der Waals surface area (Å²) >= 11 is 0. The molecule has 2 saturated heterocycles.